The number of hydrogen-bond donors (Lipinski definition) is 1. The second-order valence-corrected chi connectivity index (χ2v) is 11.5. The summed E-state index contributed by atoms with van der Waals surface area (Å²) in [6.07, 6.45) is 2.17. The molecule has 1 saturated heterocycles. The molecule has 0 spiro atoms. The Kier molecular flexibility index (Phi) is 7.12. The van der Waals surface area contributed by atoms with Gasteiger partial charge in [-0.2, -0.15) is 4.31 Å². The normalized spacial score (nSPS) is 16.8. The minimum absolute atomic E-state index is 0.0381. The molecule has 184 valence electrons. The van der Waals surface area contributed by atoms with E-state index in [1.54, 1.807) is 6.07 Å². The molecule has 5 rings (SSSR count). The third kappa shape index (κ3) is 5.54. The van der Waals surface area contributed by atoms with Crippen LogP contribution in [0.3, 0.4) is 0 Å². The van der Waals surface area contributed by atoms with Crippen molar-refractivity contribution in [3.8, 4) is 5.69 Å². The highest BCUT2D eigenvalue weighted by molar-refractivity contribution is 7.99. The molecular weight excluding hydrogens is 510 g/mol. The summed E-state index contributed by atoms with van der Waals surface area (Å²) < 4.78 is 34.5. The van der Waals surface area contributed by atoms with Crippen molar-refractivity contribution < 1.29 is 17.9 Å². The fourth-order valence-corrected chi connectivity index (χ4v) is 6.30. The number of benzene rings is 2. The second-order valence-electron chi connectivity index (χ2n) is 8.27. The monoisotopic (exact) mass is 533 g/mol. The maximum atomic E-state index is 13.0. The molecule has 2 fully saturated rings. The molecule has 9 nitrogen and oxygen atoms in total. The van der Waals surface area contributed by atoms with Gasteiger partial charge in [0.15, 0.2) is 0 Å². The van der Waals surface area contributed by atoms with Crippen LogP contribution in [-0.2, 0) is 19.6 Å². The van der Waals surface area contributed by atoms with Crippen LogP contribution < -0.4 is 5.32 Å². The quantitative estimate of drug-likeness (QED) is 0.441. The Morgan fingerprint density at radius 2 is 1.89 bits per heavy atom. The van der Waals surface area contributed by atoms with Crippen LogP contribution >= 0.6 is 23.4 Å². The molecule has 2 aliphatic rings. The lowest BCUT2D eigenvalue weighted by molar-refractivity contribution is -0.113. The number of halogens is 1. The first-order valence-electron chi connectivity index (χ1n) is 11.2. The Morgan fingerprint density at radius 1 is 1.14 bits per heavy atom. The number of ether oxygens (including phenoxy) is 1. The van der Waals surface area contributed by atoms with Gasteiger partial charge in [0, 0.05) is 24.7 Å². The zero-order chi connectivity index (χ0) is 24.4. The molecule has 2 heterocycles. The van der Waals surface area contributed by atoms with E-state index in [9.17, 15) is 13.2 Å². The lowest BCUT2D eigenvalue weighted by Crippen LogP contribution is -2.40. The SMILES string of the molecule is O=C(CSc1nc(C2CC2)n(-c2ccccc2)n1)Nc1ccc(Cl)c(S(=O)(=O)N2CCOCC2)c1. The number of nitrogens with zero attached hydrogens (tertiary/aromatic N) is 4. The van der Waals surface area contributed by atoms with Crippen molar-refractivity contribution in [3.63, 3.8) is 0 Å². The van der Waals surface area contributed by atoms with Gasteiger partial charge in [0.2, 0.25) is 21.1 Å². The molecule has 0 unspecified atom stereocenters. The Hall–Kier alpha value is -2.44. The van der Waals surface area contributed by atoms with Gasteiger partial charge in [-0.25, -0.2) is 18.1 Å². The fraction of sp³-hybridized carbons (Fsp3) is 0.348. The first-order chi connectivity index (χ1) is 16.9. The highest BCUT2D eigenvalue weighted by atomic mass is 35.5. The average Bonchev–Trinajstić information content (AvgIpc) is 3.64. The number of amides is 1. The van der Waals surface area contributed by atoms with Crippen molar-refractivity contribution in [2.45, 2.75) is 28.8 Å². The van der Waals surface area contributed by atoms with Gasteiger partial charge in [-0.15, -0.1) is 5.10 Å². The predicted molar refractivity (Wildman–Crippen MR) is 134 cm³/mol. The van der Waals surface area contributed by atoms with E-state index < -0.39 is 10.0 Å². The van der Waals surface area contributed by atoms with Crippen molar-refractivity contribution in [2.75, 3.05) is 37.4 Å². The Bertz CT molecular complexity index is 1320. The number of hydrogen-bond acceptors (Lipinski definition) is 7. The highest BCUT2D eigenvalue weighted by Gasteiger charge is 2.31. The molecule has 2 aromatic carbocycles. The van der Waals surface area contributed by atoms with Crippen LogP contribution in [0.4, 0.5) is 5.69 Å². The van der Waals surface area contributed by atoms with Crippen LogP contribution in [0.15, 0.2) is 58.6 Å². The largest absolute Gasteiger partial charge is 0.379 e. The number of carbonyl (C=O) groups excluding carboxylic acids is 1. The lowest BCUT2D eigenvalue weighted by Gasteiger charge is -2.26. The highest BCUT2D eigenvalue weighted by Crippen LogP contribution is 2.40. The lowest BCUT2D eigenvalue weighted by atomic mass is 10.3. The second kappa shape index (κ2) is 10.3. The summed E-state index contributed by atoms with van der Waals surface area (Å²) in [5.74, 6) is 1.09. The van der Waals surface area contributed by atoms with Gasteiger partial charge in [-0.05, 0) is 43.2 Å². The zero-order valence-corrected chi connectivity index (χ0v) is 21.2. The number of morpholine rings is 1. The van der Waals surface area contributed by atoms with Crippen molar-refractivity contribution >= 4 is 45.0 Å². The van der Waals surface area contributed by atoms with E-state index in [1.807, 2.05) is 35.0 Å². The van der Waals surface area contributed by atoms with Crippen molar-refractivity contribution in [1.82, 2.24) is 19.1 Å². The van der Waals surface area contributed by atoms with Gasteiger partial charge in [0.1, 0.15) is 10.7 Å². The van der Waals surface area contributed by atoms with Crippen LogP contribution in [0.1, 0.15) is 24.6 Å². The average molecular weight is 534 g/mol. The summed E-state index contributed by atoms with van der Waals surface area (Å²) in [6.45, 7) is 1.19. The van der Waals surface area contributed by atoms with Gasteiger partial charge in [0.05, 0.1) is 29.7 Å². The van der Waals surface area contributed by atoms with Crippen LogP contribution in [0.25, 0.3) is 5.69 Å². The number of sulfonamides is 1. The Morgan fingerprint density at radius 3 is 2.60 bits per heavy atom. The minimum Gasteiger partial charge on any atom is -0.379 e. The van der Waals surface area contributed by atoms with E-state index in [0.29, 0.717) is 30.0 Å². The molecule has 1 amide bonds. The topological polar surface area (TPSA) is 106 Å². The summed E-state index contributed by atoms with van der Waals surface area (Å²) in [7, 11) is -3.79. The molecule has 35 heavy (non-hydrogen) atoms. The number of nitrogens with one attached hydrogen (secondary N) is 1. The number of rotatable bonds is 8. The summed E-state index contributed by atoms with van der Waals surface area (Å²) in [5.41, 5.74) is 1.29. The zero-order valence-electron chi connectivity index (χ0n) is 18.8. The number of thioether (sulfide) groups is 1. The number of para-hydroxylation sites is 1. The van der Waals surface area contributed by atoms with Gasteiger partial charge < -0.3 is 10.1 Å². The number of carbonyl (C=O) groups is 1. The van der Waals surface area contributed by atoms with Crippen LogP contribution in [0, 0.1) is 0 Å². The number of aromatic nitrogens is 3. The summed E-state index contributed by atoms with van der Waals surface area (Å²) in [5, 5.41) is 7.99. The van der Waals surface area contributed by atoms with E-state index in [2.05, 4.69) is 15.4 Å². The maximum absolute atomic E-state index is 13.0. The summed E-state index contributed by atoms with van der Waals surface area (Å²) >= 11 is 7.44. The van der Waals surface area contributed by atoms with E-state index in [-0.39, 0.29) is 34.7 Å². The van der Waals surface area contributed by atoms with Crippen molar-refractivity contribution in [2.24, 2.45) is 0 Å². The predicted octanol–water partition coefficient (Wildman–Crippen LogP) is 3.55. The molecule has 12 heteroatoms. The van der Waals surface area contributed by atoms with Gasteiger partial charge in [0.25, 0.3) is 0 Å². The molecule has 0 atom stereocenters. The van der Waals surface area contributed by atoms with E-state index in [4.69, 9.17) is 16.3 Å². The maximum Gasteiger partial charge on any atom is 0.244 e. The molecular formula is C23H24ClN5O4S2. The van der Waals surface area contributed by atoms with Gasteiger partial charge in [-0.3, -0.25) is 4.79 Å². The third-order valence-corrected chi connectivity index (χ3v) is 8.91. The van der Waals surface area contributed by atoms with E-state index >= 15 is 0 Å². The van der Waals surface area contributed by atoms with E-state index in [1.165, 1.54) is 28.2 Å². The third-order valence-electron chi connectivity index (χ3n) is 5.69. The number of anilines is 1. The van der Waals surface area contributed by atoms with Crippen molar-refractivity contribution in [1.29, 1.82) is 0 Å². The fourth-order valence-electron chi connectivity index (χ4n) is 3.76. The summed E-state index contributed by atoms with van der Waals surface area (Å²) in [6, 6.07) is 14.3. The molecule has 0 bridgehead atoms. The summed E-state index contributed by atoms with van der Waals surface area (Å²) in [4.78, 5) is 17.3. The van der Waals surface area contributed by atoms with Crippen molar-refractivity contribution in [3.05, 3.63) is 59.4 Å². The molecule has 1 aliphatic carbocycles. The Balaban J connectivity index is 1.26. The molecule has 1 aliphatic heterocycles. The van der Waals surface area contributed by atoms with Crippen LogP contribution in [0.2, 0.25) is 5.02 Å². The molecule has 1 aromatic heterocycles. The van der Waals surface area contributed by atoms with Gasteiger partial charge >= 0.3 is 0 Å². The first-order valence-corrected chi connectivity index (χ1v) is 14.0. The Labute approximate surface area is 212 Å². The van der Waals surface area contributed by atoms with Gasteiger partial charge in [-0.1, -0.05) is 41.6 Å². The molecule has 1 N–H and O–H groups in total. The smallest absolute Gasteiger partial charge is 0.244 e. The first kappa shape index (κ1) is 24.3. The molecule has 3 aromatic rings. The molecule has 0 radical (unpaired) electrons. The minimum atomic E-state index is -3.79. The van der Waals surface area contributed by atoms with E-state index in [0.717, 1.165) is 24.4 Å². The standard InChI is InChI=1S/C23H24ClN5O4S2/c24-19-9-8-17(14-20(19)35(31,32)28-10-12-33-13-11-28)25-21(30)15-34-23-26-22(16-6-7-16)29(27-23)18-4-2-1-3-5-18/h1-5,8-9,14,16H,6-7,10-13,15H2,(H,25,30). The van der Waals surface area contributed by atoms with Crippen LogP contribution in [-0.4, -0.2) is 65.5 Å². The molecule has 1 saturated carbocycles. The van der Waals surface area contributed by atoms with Crippen LogP contribution in [0.5, 0.6) is 0 Å².